The van der Waals surface area contributed by atoms with E-state index in [9.17, 15) is 14.9 Å². The summed E-state index contributed by atoms with van der Waals surface area (Å²) in [4.78, 5) is 31.0. The van der Waals surface area contributed by atoms with E-state index in [4.69, 9.17) is 0 Å². The highest BCUT2D eigenvalue weighted by molar-refractivity contribution is 6.23. The average molecular weight is 428 g/mol. The first-order chi connectivity index (χ1) is 16.1. The van der Waals surface area contributed by atoms with E-state index < -0.39 is 0 Å². The molecule has 156 valence electrons. The minimum Gasteiger partial charge on any atom is -0.308 e. The molecular formula is C27H16N4O2. The molecule has 6 heteroatoms. The summed E-state index contributed by atoms with van der Waals surface area (Å²) in [6, 6.07) is 23.3. The van der Waals surface area contributed by atoms with Crippen molar-refractivity contribution < 1.29 is 9.59 Å². The molecule has 0 unspecified atom stereocenters. The number of fused-ring (bicyclic) bond motifs is 4. The average Bonchev–Trinajstić information content (AvgIpc) is 3.31. The number of carbonyl (C=O) groups excluding carboxylic acids is 2. The van der Waals surface area contributed by atoms with Gasteiger partial charge in [-0.3, -0.25) is 19.5 Å². The Morgan fingerprint density at radius 2 is 1.67 bits per heavy atom. The van der Waals surface area contributed by atoms with Gasteiger partial charge in [-0.25, -0.2) is 0 Å². The van der Waals surface area contributed by atoms with E-state index in [-0.39, 0.29) is 11.8 Å². The molecule has 0 atom stereocenters. The van der Waals surface area contributed by atoms with Gasteiger partial charge in [0.1, 0.15) is 0 Å². The molecule has 0 spiro atoms. The van der Waals surface area contributed by atoms with Crippen LogP contribution in [0.25, 0.3) is 38.6 Å². The number of aromatic nitrogens is 2. The van der Waals surface area contributed by atoms with Crippen molar-refractivity contribution in [2.45, 2.75) is 0 Å². The Kier molecular flexibility index (Phi) is 3.95. The standard InChI is InChI=1S/C27H16N4O2/c1-30-26(32)20-6-4-8-23(25(20)27(30)33)31-22-7-3-2-5-18(22)19-10-9-16(13-24(19)31)21-15-29-12-11-17(21)14-28/h2-13,15H,1H3. The van der Waals surface area contributed by atoms with Crippen LogP contribution in [-0.4, -0.2) is 33.3 Å². The number of nitrogens with zero attached hydrogens (tertiary/aromatic N) is 4. The van der Waals surface area contributed by atoms with Crippen LogP contribution in [0.2, 0.25) is 0 Å². The molecule has 0 aliphatic carbocycles. The Balaban J connectivity index is 1.73. The Labute approximate surface area is 188 Å². The van der Waals surface area contributed by atoms with Crippen molar-refractivity contribution in [2.75, 3.05) is 7.05 Å². The number of rotatable bonds is 2. The van der Waals surface area contributed by atoms with E-state index in [1.54, 1.807) is 30.6 Å². The van der Waals surface area contributed by atoms with E-state index in [1.165, 1.54) is 7.05 Å². The van der Waals surface area contributed by atoms with Crippen LogP contribution in [0.3, 0.4) is 0 Å². The third-order valence-electron chi connectivity index (χ3n) is 6.26. The number of nitriles is 1. The fourth-order valence-electron chi connectivity index (χ4n) is 4.69. The number of para-hydroxylation sites is 1. The van der Waals surface area contributed by atoms with Crippen LogP contribution in [0, 0.1) is 11.3 Å². The third-order valence-corrected chi connectivity index (χ3v) is 6.26. The van der Waals surface area contributed by atoms with Crippen LogP contribution in [0.4, 0.5) is 0 Å². The Morgan fingerprint density at radius 1 is 0.848 bits per heavy atom. The lowest BCUT2D eigenvalue weighted by Crippen LogP contribution is -2.24. The normalized spacial score (nSPS) is 13.0. The van der Waals surface area contributed by atoms with Crippen LogP contribution in [0.1, 0.15) is 26.3 Å². The maximum atomic E-state index is 13.0. The van der Waals surface area contributed by atoms with Gasteiger partial charge >= 0.3 is 0 Å². The van der Waals surface area contributed by atoms with E-state index >= 15 is 0 Å². The first kappa shape index (κ1) is 19.0. The van der Waals surface area contributed by atoms with Crippen molar-refractivity contribution in [3.05, 3.63) is 95.8 Å². The smallest absolute Gasteiger partial charge is 0.263 e. The van der Waals surface area contributed by atoms with Gasteiger partial charge in [-0.05, 0) is 35.9 Å². The summed E-state index contributed by atoms with van der Waals surface area (Å²) in [5, 5.41) is 11.6. The lowest BCUT2D eigenvalue weighted by molar-refractivity contribution is 0.0693. The molecule has 1 aliphatic heterocycles. The molecule has 3 aromatic carbocycles. The molecule has 6 rings (SSSR count). The third kappa shape index (κ3) is 2.57. The lowest BCUT2D eigenvalue weighted by Gasteiger charge is -2.12. The van der Waals surface area contributed by atoms with Crippen molar-refractivity contribution >= 4 is 33.6 Å². The summed E-state index contributed by atoms with van der Waals surface area (Å²) in [7, 11) is 1.50. The highest BCUT2D eigenvalue weighted by Gasteiger charge is 2.35. The van der Waals surface area contributed by atoms with Crippen LogP contribution in [-0.2, 0) is 0 Å². The van der Waals surface area contributed by atoms with Crippen LogP contribution < -0.4 is 0 Å². The lowest BCUT2D eigenvalue weighted by atomic mass is 10.0. The maximum Gasteiger partial charge on any atom is 0.263 e. The van der Waals surface area contributed by atoms with Crippen molar-refractivity contribution in [1.29, 1.82) is 5.26 Å². The zero-order chi connectivity index (χ0) is 22.7. The zero-order valence-electron chi connectivity index (χ0n) is 17.6. The predicted octanol–water partition coefficient (Wildman–Crippen LogP) is 4.94. The molecule has 0 saturated heterocycles. The minimum atomic E-state index is -0.313. The van der Waals surface area contributed by atoms with Crippen LogP contribution >= 0.6 is 0 Å². The quantitative estimate of drug-likeness (QED) is 0.373. The summed E-state index contributed by atoms with van der Waals surface area (Å²) >= 11 is 0. The Hall–Kier alpha value is -4.76. The van der Waals surface area contributed by atoms with Crippen LogP contribution in [0.5, 0.6) is 0 Å². The fourth-order valence-corrected chi connectivity index (χ4v) is 4.69. The molecule has 0 N–H and O–H groups in total. The molecule has 5 aromatic rings. The molecule has 0 radical (unpaired) electrons. The van der Waals surface area contributed by atoms with Crippen molar-refractivity contribution in [2.24, 2.45) is 0 Å². The van der Waals surface area contributed by atoms with Gasteiger partial charge in [0, 0.05) is 35.8 Å². The molecule has 33 heavy (non-hydrogen) atoms. The largest absolute Gasteiger partial charge is 0.308 e. The summed E-state index contributed by atoms with van der Waals surface area (Å²) < 4.78 is 2.03. The first-order valence-corrected chi connectivity index (χ1v) is 10.4. The summed E-state index contributed by atoms with van der Waals surface area (Å²) in [6.07, 6.45) is 3.29. The van der Waals surface area contributed by atoms with Gasteiger partial charge in [0.15, 0.2) is 0 Å². The van der Waals surface area contributed by atoms with Gasteiger partial charge in [-0.2, -0.15) is 5.26 Å². The molecule has 1 aliphatic rings. The summed E-state index contributed by atoms with van der Waals surface area (Å²) in [5.74, 6) is -0.612. The number of imide groups is 1. The van der Waals surface area contributed by atoms with Crippen molar-refractivity contribution in [3.8, 4) is 22.9 Å². The maximum absolute atomic E-state index is 13.0. The van der Waals surface area contributed by atoms with Gasteiger partial charge in [-0.1, -0.05) is 36.4 Å². The van der Waals surface area contributed by atoms with E-state index in [2.05, 4.69) is 11.1 Å². The monoisotopic (exact) mass is 428 g/mol. The predicted molar refractivity (Wildman–Crippen MR) is 125 cm³/mol. The number of benzene rings is 3. The van der Waals surface area contributed by atoms with E-state index in [0.717, 1.165) is 37.8 Å². The van der Waals surface area contributed by atoms with Crippen molar-refractivity contribution in [3.63, 3.8) is 0 Å². The molecule has 0 bridgehead atoms. The Bertz CT molecular complexity index is 1690. The minimum absolute atomic E-state index is 0.299. The molecule has 6 nitrogen and oxygen atoms in total. The zero-order valence-corrected chi connectivity index (χ0v) is 17.6. The Morgan fingerprint density at radius 3 is 2.52 bits per heavy atom. The number of pyridine rings is 1. The van der Waals surface area contributed by atoms with Gasteiger partial charge in [0.05, 0.1) is 39.5 Å². The first-order valence-electron chi connectivity index (χ1n) is 10.4. The second kappa shape index (κ2) is 6.87. The number of hydrogen-bond acceptors (Lipinski definition) is 4. The molecule has 0 saturated carbocycles. The summed E-state index contributed by atoms with van der Waals surface area (Å²) in [6.45, 7) is 0. The second-order valence-corrected chi connectivity index (χ2v) is 7.99. The molecule has 2 amide bonds. The number of amides is 2. The molecular weight excluding hydrogens is 412 g/mol. The van der Waals surface area contributed by atoms with Gasteiger partial charge in [0.2, 0.25) is 0 Å². The highest BCUT2D eigenvalue weighted by Crippen LogP contribution is 2.37. The topological polar surface area (TPSA) is 79.0 Å². The number of carbonyl (C=O) groups is 2. The SMILES string of the molecule is CN1C(=O)c2cccc(-n3c4ccccc4c4ccc(-c5cnccc5C#N)cc43)c2C1=O. The van der Waals surface area contributed by atoms with E-state index in [1.807, 2.05) is 53.1 Å². The van der Waals surface area contributed by atoms with Crippen LogP contribution in [0.15, 0.2) is 79.1 Å². The molecule has 3 heterocycles. The van der Waals surface area contributed by atoms with E-state index in [0.29, 0.717) is 22.4 Å². The van der Waals surface area contributed by atoms with Gasteiger partial charge < -0.3 is 4.57 Å². The van der Waals surface area contributed by atoms with Crippen molar-refractivity contribution in [1.82, 2.24) is 14.5 Å². The molecule has 2 aromatic heterocycles. The summed E-state index contributed by atoms with van der Waals surface area (Å²) in [5.41, 5.74) is 5.40. The molecule has 0 fully saturated rings. The number of hydrogen-bond donors (Lipinski definition) is 0. The van der Waals surface area contributed by atoms with Gasteiger partial charge in [0.25, 0.3) is 11.8 Å². The van der Waals surface area contributed by atoms with Gasteiger partial charge in [-0.15, -0.1) is 0 Å². The highest BCUT2D eigenvalue weighted by atomic mass is 16.2. The second-order valence-electron chi connectivity index (χ2n) is 7.99. The fraction of sp³-hybridized carbons (Fsp3) is 0.0370.